The van der Waals surface area contributed by atoms with Crippen molar-refractivity contribution in [3.8, 4) is 0 Å². The Balaban J connectivity index is 2.73. The maximum atomic E-state index is 11.8. The van der Waals surface area contributed by atoms with Crippen molar-refractivity contribution in [3.05, 3.63) is 26.6 Å². The molecule has 1 N–H and O–H groups in total. The minimum atomic E-state index is -0.00843. The molecule has 0 spiro atoms. The fourth-order valence-electron chi connectivity index (χ4n) is 1.50. The summed E-state index contributed by atoms with van der Waals surface area (Å²) in [7, 11) is 0. The molecular weight excluding hydrogens is 228 g/mol. The Morgan fingerprint density at radius 2 is 2.20 bits per heavy atom. The Bertz CT molecular complexity index is 556. The molecule has 0 amide bonds. The van der Waals surface area contributed by atoms with E-state index < -0.39 is 0 Å². The highest BCUT2D eigenvalue weighted by atomic mass is 32.2. The number of fused-ring (bicyclic) bond motifs is 1. The van der Waals surface area contributed by atoms with Crippen molar-refractivity contribution in [2.24, 2.45) is 0 Å². The standard InChI is InChI=1S/C10H12N2OS2/c1-5-6(2)15-10-8(5)9(13)11-7(12-10)4-14-3/h4H2,1-3H3,(H,11,12,13). The third kappa shape index (κ3) is 1.81. The molecule has 0 saturated carbocycles. The number of aromatic amines is 1. The largest absolute Gasteiger partial charge is 0.309 e. The predicted molar refractivity (Wildman–Crippen MR) is 66.9 cm³/mol. The minimum Gasteiger partial charge on any atom is -0.309 e. The second kappa shape index (κ2) is 3.98. The van der Waals surface area contributed by atoms with E-state index in [-0.39, 0.29) is 5.56 Å². The van der Waals surface area contributed by atoms with Crippen LogP contribution in [0.15, 0.2) is 4.79 Å². The van der Waals surface area contributed by atoms with Crippen LogP contribution in [0, 0.1) is 13.8 Å². The average Bonchev–Trinajstić information content (AvgIpc) is 2.43. The van der Waals surface area contributed by atoms with E-state index in [4.69, 9.17) is 0 Å². The first-order valence-electron chi connectivity index (χ1n) is 4.61. The maximum Gasteiger partial charge on any atom is 0.259 e. The summed E-state index contributed by atoms with van der Waals surface area (Å²) in [4.78, 5) is 21.1. The molecule has 80 valence electrons. The van der Waals surface area contributed by atoms with Gasteiger partial charge in [0.05, 0.1) is 11.1 Å². The predicted octanol–water partition coefficient (Wildman–Crippen LogP) is 2.46. The summed E-state index contributed by atoms with van der Waals surface area (Å²) in [6.07, 6.45) is 2.00. The molecule has 2 aromatic rings. The number of hydrogen-bond donors (Lipinski definition) is 1. The van der Waals surface area contributed by atoms with Gasteiger partial charge in [-0.2, -0.15) is 11.8 Å². The van der Waals surface area contributed by atoms with Crippen molar-refractivity contribution in [2.75, 3.05) is 6.26 Å². The lowest BCUT2D eigenvalue weighted by Gasteiger charge is -1.97. The second-order valence-corrected chi connectivity index (χ2v) is 5.48. The van der Waals surface area contributed by atoms with Crippen LogP contribution in [0.1, 0.15) is 16.3 Å². The Kier molecular flexibility index (Phi) is 2.84. The first kappa shape index (κ1) is 10.7. The number of rotatable bonds is 2. The SMILES string of the molecule is CSCc1nc2sc(C)c(C)c2c(=O)[nH]1. The zero-order chi connectivity index (χ0) is 11.0. The summed E-state index contributed by atoms with van der Waals surface area (Å²) in [5.41, 5.74) is 1.05. The minimum absolute atomic E-state index is 0.00843. The molecule has 0 aliphatic heterocycles. The second-order valence-electron chi connectivity index (χ2n) is 3.41. The molecule has 0 aliphatic rings. The monoisotopic (exact) mass is 240 g/mol. The molecule has 0 bridgehead atoms. The van der Waals surface area contributed by atoms with Gasteiger partial charge < -0.3 is 4.98 Å². The van der Waals surface area contributed by atoms with Crippen LogP contribution in [0.4, 0.5) is 0 Å². The summed E-state index contributed by atoms with van der Waals surface area (Å²) >= 11 is 3.25. The molecular formula is C10H12N2OS2. The number of aryl methyl sites for hydroxylation is 2. The molecule has 0 atom stereocenters. The van der Waals surface area contributed by atoms with Gasteiger partial charge in [0.2, 0.25) is 0 Å². The summed E-state index contributed by atoms with van der Waals surface area (Å²) in [5, 5.41) is 0.752. The zero-order valence-corrected chi connectivity index (χ0v) is 10.5. The van der Waals surface area contributed by atoms with Gasteiger partial charge in [0.25, 0.3) is 5.56 Å². The maximum absolute atomic E-state index is 11.8. The molecule has 2 aromatic heterocycles. The quantitative estimate of drug-likeness (QED) is 0.877. The first-order valence-corrected chi connectivity index (χ1v) is 6.82. The number of thioether (sulfide) groups is 1. The molecule has 0 aliphatic carbocycles. The van der Waals surface area contributed by atoms with Gasteiger partial charge in [-0.25, -0.2) is 4.98 Å². The Labute approximate surface area is 95.9 Å². The summed E-state index contributed by atoms with van der Waals surface area (Å²) < 4.78 is 0. The fourth-order valence-corrected chi connectivity index (χ4v) is 2.96. The average molecular weight is 240 g/mol. The van der Waals surface area contributed by atoms with Crippen LogP contribution in [0.5, 0.6) is 0 Å². The molecule has 0 aromatic carbocycles. The summed E-state index contributed by atoms with van der Waals surface area (Å²) in [6.45, 7) is 3.99. The Hall–Kier alpha value is -0.810. The summed E-state index contributed by atoms with van der Waals surface area (Å²) in [5.74, 6) is 1.52. The molecule has 2 heterocycles. The van der Waals surface area contributed by atoms with Gasteiger partial charge in [-0.05, 0) is 25.7 Å². The van der Waals surface area contributed by atoms with Gasteiger partial charge in [0, 0.05) is 4.88 Å². The molecule has 0 saturated heterocycles. The molecule has 5 heteroatoms. The lowest BCUT2D eigenvalue weighted by atomic mass is 10.2. The molecule has 15 heavy (non-hydrogen) atoms. The molecule has 3 nitrogen and oxygen atoms in total. The topological polar surface area (TPSA) is 45.8 Å². The third-order valence-electron chi connectivity index (χ3n) is 2.37. The Morgan fingerprint density at radius 3 is 2.87 bits per heavy atom. The van der Waals surface area contributed by atoms with E-state index in [1.54, 1.807) is 23.1 Å². The van der Waals surface area contributed by atoms with Gasteiger partial charge in [-0.3, -0.25) is 4.79 Å². The van der Waals surface area contributed by atoms with Crippen molar-refractivity contribution in [1.29, 1.82) is 0 Å². The van der Waals surface area contributed by atoms with Crippen molar-refractivity contribution >= 4 is 33.3 Å². The zero-order valence-electron chi connectivity index (χ0n) is 8.88. The molecule has 0 unspecified atom stereocenters. The number of aromatic nitrogens is 2. The van der Waals surface area contributed by atoms with Gasteiger partial charge in [0.15, 0.2) is 0 Å². The number of hydrogen-bond acceptors (Lipinski definition) is 4. The third-order valence-corrected chi connectivity index (χ3v) is 4.03. The van der Waals surface area contributed by atoms with Crippen LogP contribution in [-0.2, 0) is 5.75 Å². The van der Waals surface area contributed by atoms with Gasteiger partial charge in [-0.15, -0.1) is 11.3 Å². The van der Waals surface area contributed by atoms with E-state index >= 15 is 0 Å². The first-order chi connectivity index (χ1) is 7.13. The van der Waals surface area contributed by atoms with Crippen LogP contribution in [0.2, 0.25) is 0 Å². The molecule has 2 rings (SSSR count). The lowest BCUT2D eigenvalue weighted by molar-refractivity contribution is 1.05. The van der Waals surface area contributed by atoms with Crippen LogP contribution < -0.4 is 5.56 Å². The highest BCUT2D eigenvalue weighted by molar-refractivity contribution is 7.97. The normalized spacial score (nSPS) is 11.1. The van der Waals surface area contributed by atoms with Crippen molar-refractivity contribution in [3.63, 3.8) is 0 Å². The van der Waals surface area contributed by atoms with Crippen LogP contribution >= 0.6 is 23.1 Å². The van der Waals surface area contributed by atoms with Crippen LogP contribution in [0.3, 0.4) is 0 Å². The lowest BCUT2D eigenvalue weighted by Crippen LogP contribution is -2.10. The number of H-pyrrole nitrogens is 1. The van der Waals surface area contributed by atoms with Crippen molar-refractivity contribution in [2.45, 2.75) is 19.6 Å². The van der Waals surface area contributed by atoms with Crippen LogP contribution in [0.25, 0.3) is 10.2 Å². The molecule has 0 fully saturated rings. The van der Waals surface area contributed by atoms with E-state index in [0.717, 1.165) is 27.4 Å². The summed E-state index contributed by atoms with van der Waals surface area (Å²) in [6, 6.07) is 0. The number of nitrogens with one attached hydrogen (secondary N) is 1. The van der Waals surface area contributed by atoms with E-state index in [9.17, 15) is 4.79 Å². The van der Waals surface area contributed by atoms with Gasteiger partial charge in [-0.1, -0.05) is 0 Å². The van der Waals surface area contributed by atoms with Gasteiger partial charge >= 0.3 is 0 Å². The Morgan fingerprint density at radius 1 is 1.47 bits per heavy atom. The molecule has 0 radical (unpaired) electrons. The number of nitrogens with zero attached hydrogens (tertiary/aromatic N) is 1. The van der Waals surface area contributed by atoms with E-state index in [0.29, 0.717) is 0 Å². The van der Waals surface area contributed by atoms with E-state index in [1.165, 1.54) is 4.88 Å². The van der Waals surface area contributed by atoms with Crippen molar-refractivity contribution < 1.29 is 0 Å². The van der Waals surface area contributed by atoms with Crippen LogP contribution in [-0.4, -0.2) is 16.2 Å². The van der Waals surface area contributed by atoms with Gasteiger partial charge in [0.1, 0.15) is 10.7 Å². The number of thiophene rings is 1. The smallest absolute Gasteiger partial charge is 0.259 e. The fraction of sp³-hybridized carbons (Fsp3) is 0.400. The highest BCUT2D eigenvalue weighted by Gasteiger charge is 2.11. The van der Waals surface area contributed by atoms with E-state index in [1.807, 2.05) is 20.1 Å². The van der Waals surface area contributed by atoms with Crippen molar-refractivity contribution in [1.82, 2.24) is 9.97 Å². The highest BCUT2D eigenvalue weighted by Crippen LogP contribution is 2.25. The van der Waals surface area contributed by atoms with E-state index in [2.05, 4.69) is 9.97 Å².